The van der Waals surface area contributed by atoms with Gasteiger partial charge in [0.05, 0.1) is 32.0 Å². The topological polar surface area (TPSA) is 64.9 Å². The minimum atomic E-state index is -0.135. The van der Waals surface area contributed by atoms with Gasteiger partial charge in [-0.05, 0) is 24.1 Å². The van der Waals surface area contributed by atoms with Crippen LogP contribution in [0.1, 0.15) is 18.2 Å². The number of carbonyl (C=O) groups is 1. The average Bonchev–Trinajstić information content (AvgIpc) is 3.35. The first kappa shape index (κ1) is 20.0. The zero-order valence-corrected chi connectivity index (χ0v) is 18.0. The Bertz CT molecular complexity index is 1180. The number of imidazole rings is 1. The predicted octanol–water partition coefficient (Wildman–Crippen LogP) is 4.82. The lowest BCUT2D eigenvalue weighted by atomic mass is 10.1. The van der Waals surface area contributed by atoms with Gasteiger partial charge < -0.3 is 14.8 Å². The van der Waals surface area contributed by atoms with Crippen molar-refractivity contribution in [3.8, 4) is 22.8 Å². The first-order valence-corrected chi connectivity index (χ1v) is 10.6. The van der Waals surface area contributed by atoms with Gasteiger partial charge in [-0.2, -0.15) is 0 Å². The smallest absolute Gasteiger partial charge is 0.230 e. The lowest BCUT2D eigenvalue weighted by Crippen LogP contribution is -2.16. The Balaban J connectivity index is 1.54. The molecule has 2 aromatic carbocycles. The third-order valence-corrected chi connectivity index (χ3v) is 5.85. The molecule has 30 heavy (non-hydrogen) atoms. The lowest BCUT2D eigenvalue weighted by molar-refractivity contribution is -0.115. The van der Waals surface area contributed by atoms with Crippen molar-refractivity contribution < 1.29 is 14.3 Å². The minimum Gasteiger partial charge on any atom is -0.497 e. The predicted molar refractivity (Wildman–Crippen MR) is 120 cm³/mol. The summed E-state index contributed by atoms with van der Waals surface area (Å²) in [5, 5.41) is 4.88. The van der Waals surface area contributed by atoms with Gasteiger partial charge in [-0.25, -0.2) is 4.98 Å². The molecule has 1 amide bonds. The Kier molecular flexibility index (Phi) is 5.72. The van der Waals surface area contributed by atoms with Crippen molar-refractivity contribution in [1.29, 1.82) is 0 Å². The molecule has 0 aliphatic carbocycles. The van der Waals surface area contributed by atoms with Gasteiger partial charge in [0.15, 0.2) is 4.96 Å². The highest BCUT2D eigenvalue weighted by Gasteiger charge is 2.14. The van der Waals surface area contributed by atoms with Crippen molar-refractivity contribution in [2.75, 3.05) is 19.5 Å². The summed E-state index contributed by atoms with van der Waals surface area (Å²) in [6.45, 7) is 2.14. The van der Waals surface area contributed by atoms with Crippen molar-refractivity contribution in [3.05, 3.63) is 65.3 Å². The number of fused-ring (bicyclic) bond motifs is 1. The molecule has 0 aliphatic rings. The Morgan fingerprint density at radius 3 is 2.63 bits per heavy atom. The number of amides is 1. The minimum absolute atomic E-state index is 0.135. The molecule has 154 valence electrons. The fourth-order valence-electron chi connectivity index (χ4n) is 3.28. The van der Waals surface area contributed by atoms with Gasteiger partial charge in [-0.15, -0.1) is 11.3 Å². The molecular formula is C23H23N3O3S. The number of nitrogens with zero attached hydrogens (tertiary/aromatic N) is 2. The van der Waals surface area contributed by atoms with E-state index in [2.05, 4.69) is 36.5 Å². The molecule has 0 bridgehead atoms. The van der Waals surface area contributed by atoms with E-state index in [0.29, 0.717) is 17.2 Å². The van der Waals surface area contributed by atoms with E-state index in [-0.39, 0.29) is 12.3 Å². The van der Waals surface area contributed by atoms with E-state index >= 15 is 0 Å². The van der Waals surface area contributed by atoms with Crippen LogP contribution < -0.4 is 14.8 Å². The normalized spacial score (nSPS) is 10.9. The zero-order chi connectivity index (χ0) is 21.1. The lowest BCUT2D eigenvalue weighted by Gasteiger charge is -2.11. The van der Waals surface area contributed by atoms with Crippen LogP contribution in [-0.4, -0.2) is 29.5 Å². The van der Waals surface area contributed by atoms with E-state index in [4.69, 9.17) is 14.5 Å². The van der Waals surface area contributed by atoms with Crippen LogP contribution in [0.3, 0.4) is 0 Å². The molecule has 4 rings (SSSR count). The second kappa shape index (κ2) is 8.59. The molecule has 1 N–H and O–H groups in total. The van der Waals surface area contributed by atoms with Crippen LogP contribution >= 0.6 is 11.3 Å². The summed E-state index contributed by atoms with van der Waals surface area (Å²) in [6, 6.07) is 13.7. The number of benzene rings is 2. The van der Waals surface area contributed by atoms with E-state index in [0.717, 1.165) is 28.3 Å². The molecule has 0 radical (unpaired) electrons. The number of aryl methyl sites for hydroxylation is 1. The maximum Gasteiger partial charge on any atom is 0.230 e. The number of nitrogens with one attached hydrogen (secondary N) is 1. The Morgan fingerprint density at radius 1 is 1.13 bits per heavy atom. The van der Waals surface area contributed by atoms with Gasteiger partial charge in [0.2, 0.25) is 5.91 Å². The second-order valence-electron chi connectivity index (χ2n) is 6.85. The summed E-state index contributed by atoms with van der Waals surface area (Å²) in [5.41, 5.74) is 4.74. The van der Waals surface area contributed by atoms with Crippen molar-refractivity contribution in [3.63, 3.8) is 0 Å². The Labute approximate surface area is 179 Å². The molecule has 4 aromatic rings. The number of hydrogen-bond acceptors (Lipinski definition) is 5. The quantitative estimate of drug-likeness (QED) is 0.464. The van der Waals surface area contributed by atoms with Crippen LogP contribution in [0.25, 0.3) is 16.2 Å². The van der Waals surface area contributed by atoms with Crippen molar-refractivity contribution >= 4 is 27.9 Å². The molecule has 0 saturated carbocycles. The van der Waals surface area contributed by atoms with E-state index < -0.39 is 0 Å². The number of anilines is 1. The maximum absolute atomic E-state index is 12.7. The van der Waals surface area contributed by atoms with Crippen LogP contribution in [0, 0.1) is 0 Å². The maximum atomic E-state index is 12.7. The van der Waals surface area contributed by atoms with Gasteiger partial charge in [-0.1, -0.05) is 31.2 Å². The summed E-state index contributed by atoms with van der Waals surface area (Å²) < 4.78 is 12.6. The highest BCUT2D eigenvalue weighted by molar-refractivity contribution is 7.15. The highest BCUT2D eigenvalue weighted by Crippen LogP contribution is 2.29. The Morgan fingerprint density at radius 2 is 1.93 bits per heavy atom. The molecule has 6 nitrogen and oxygen atoms in total. The molecule has 2 heterocycles. The molecule has 0 spiro atoms. The summed E-state index contributed by atoms with van der Waals surface area (Å²) >= 11 is 1.53. The van der Waals surface area contributed by atoms with Gasteiger partial charge in [0.1, 0.15) is 11.5 Å². The number of aromatic nitrogens is 2. The summed E-state index contributed by atoms with van der Waals surface area (Å²) in [5.74, 6) is 1.10. The number of carbonyl (C=O) groups excluding carboxylic acids is 1. The second-order valence-corrected chi connectivity index (χ2v) is 7.68. The first-order chi connectivity index (χ1) is 14.6. The third-order valence-electron chi connectivity index (χ3n) is 4.96. The SMILES string of the molecule is CCc1ccc(-c2cn3c(CC(=O)Nc4cc(OC)ccc4OC)csc3n2)cc1. The third kappa shape index (κ3) is 4.02. The van der Waals surface area contributed by atoms with Gasteiger partial charge in [-0.3, -0.25) is 9.20 Å². The standard InChI is InChI=1S/C23H23N3O3S/c1-4-15-5-7-16(8-6-15)20-13-26-17(14-30-23(26)25-20)11-22(27)24-19-12-18(28-2)9-10-21(19)29-3/h5-10,12-14H,4,11H2,1-3H3,(H,24,27). The van der Waals surface area contributed by atoms with E-state index in [9.17, 15) is 4.79 Å². The molecule has 0 aliphatic heterocycles. The van der Waals surface area contributed by atoms with E-state index in [1.165, 1.54) is 16.9 Å². The van der Waals surface area contributed by atoms with Crippen molar-refractivity contribution in [1.82, 2.24) is 9.38 Å². The van der Waals surface area contributed by atoms with Gasteiger partial charge >= 0.3 is 0 Å². The molecular weight excluding hydrogens is 398 g/mol. The number of hydrogen-bond donors (Lipinski definition) is 1. The van der Waals surface area contributed by atoms with Crippen LogP contribution in [-0.2, 0) is 17.6 Å². The highest BCUT2D eigenvalue weighted by atomic mass is 32.1. The summed E-state index contributed by atoms with van der Waals surface area (Å²) in [7, 11) is 3.15. The Hall–Kier alpha value is -3.32. The first-order valence-electron chi connectivity index (χ1n) is 9.68. The number of methoxy groups -OCH3 is 2. The van der Waals surface area contributed by atoms with Crippen LogP contribution in [0.5, 0.6) is 11.5 Å². The average molecular weight is 422 g/mol. The van der Waals surface area contributed by atoms with Crippen molar-refractivity contribution in [2.24, 2.45) is 0 Å². The molecule has 2 aromatic heterocycles. The monoisotopic (exact) mass is 421 g/mol. The number of rotatable bonds is 7. The fourth-order valence-corrected chi connectivity index (χ4v) is 4.15. The van der Waals surface area contributed by atoms with Crippen LogP contribution in [0.15, 0.2) is 54.0 Å². The molecule has 0 saturated heterocycles. The number of thiazole rings is 1. The largest absolute Gasteiger partial charge is 0.497 e. The van der Waals surface area contributed by atoms with Crippen LogP contribution in [0.2, 0.25) is 0 Å². The molecule has 0 fully saturated rings. The summed E-state index contributed by atoms with van der Waals surface area (Å²) in [4.78, 5) is 18.3. The van der Waals surface area contributed by atoms with Gasteiger partial charge in [0, 0.05) is 28.9 Å². The molecule has 7 heteroatoms. The number of ether oxygens (including phenoxy) is 2. The fraction of sp³-hybridized carbons (Fsp3) is 0.217. The summed E-state index contributed by atoms with van der Waals surface area (Å²) in [6.07, 6.45) is 3.22. The van der Waals surface area contributed by atoms with Gasteiger partial charge in [0.25, 0.3) is 0 Å². The van der Waals surface area contributed by atoms with E-state index in [1.54, 1.807) is 32.4 Å². The molecule has 0 atom stereocenters. The van der Waals surface area contributed by atoms with Crippen LogP contribution in [0.4, 0.5) is 5.69 Å². The van der Waals surface area contributed by atoms with E-state index in [1.807, 2.05) is 16.0 Å². The molecule has 0 unspecified atom stereocenters. The zero-order valence-electron chi connectivity index (χ0n) is 17.1. The van der Waals surface area contributed by atoms with Crippen molar-refractivity contribution in [2.45, 2.75) is 19.8 Å².